The van der Waals surface area contributed by atoms with E-state index >= 15 is 0 Å². The number of imide groups is 1. The fraction of sp³-hybridized carbons (Fsp3) is 0.226. The van der Waals surface area contributed by atoms with Crippen LogP contribution < -0.4 is 24.7 Å². The molecule has 44 heavy (non-hydrogen) atoms. The summed E-state index contributed by atoms with van der Waals surface area (Å²) in [6.45, 7) is -0.286. The minimum absolute atomic E-state index is 0.282. The second kappa shape index (κ2) is 12.0. The van der Waals surface area contributed by atoms with E-state index in [0.29, 0.717) is 32.1 Å². The molecule has 3 amide bonds. The largest absolute Gasteiger partial charge is 0.497 e. The molecule has 0 saturated carbocycles. The predicted octanol–water partition coefficient (Wildman–Crippen LogP) is 5.73. The summed E-state index contributed by atoms with van der Waals surface area (Å²) in [6, 6.07) is 19.2. The van der Waals surface area contributed by atoms with Crippen molar-refractivity contribution in [2.75, 3.05) is 36.3 Å². The molecular formula is C31H26Cl2N4O5S2. The van der Waals surface area contributed by atoms with Crippen LogP contribution in [0.4, 0.5) is 17.1 Å². The molecular weight excluding hydrogens is 643 g/mol. The van der Waals surface area contributed by atoms with E-state index in [9.17, 15) is 19.2 Å². The maximum atomic E-state index is 14.1. The molecule has 0 spiro atoms. The number of hydrogen-bond acceptors (Lipinski definition) is 8. The summed E-state index contributed by atoms with van der Waals surface area (Å²) in [5.41, 5.74) is 2.65. The Labute approximate surface area is 271 Å². The number of carbonyl (C=O) groups is 3. The molecule has 226 valence electrons. The first-order valence-electron chi connectivity index (χ1n) is 13.5. The van der Waals surface area contributed by atoms with Gasteiger partial charge in [0.05, 0.1) is 33.8 Å². The monoisotopic (exact) mass is 668 g/mol. The van der Waals surface area contributed by atoms with Gasteiger partial charge >= 0.3 is 4.87 Å². The van der Waals surface area contributed by atoms with Crippen LogP contribution in [0.1, 0.15) is 16.4 Å². The van der Waals surface area contributed by atoms with E-state index in [2.05, 4.69) is 5.32 Å². The highest BCUT2D eigenvalue weighted by Gasteiger charge is 2.56. The first kappa shape index (κ1) is 30.3. The number of rotatable bonds is 7. The Morgan fingerprint density at radius 1 is 0.955 bits per heavy atom. The second-order valence-corrected chi connectivity index (χ2v) is 13.5. The Morgan fingerprint density at radius 2 is 1.66 bits per heavy atom. The molecule has 0 aliphatic carbocycles. The third kappa shape index (κ3) is 5.38. The van der Waals surface area contributed by atoms with E-state index in [1.165, 1.54) is 15.5 Å². The lowest BCUT2D eigenvalue weighted by molar-refractivity contribution is -0.122. The molecule has 1 aromatic heterocycles. The predicted molar refractivity (Wildman–Crippen MR) is 175 cm³/mol. The lowest BCUT2D eigenvalue weighted by atomic mass is 9.83. The van der Waals surface area contributed by atoms with Crippen LogP contribution in [0.3, 0.4) is 0 Å². The third-order valence-electron chi connectivity index (χ3n) is 7.65. The number of carbonyl (C=O) groups excluding carboxylic acids is 3. The maximum absolute atomic E-state index is 14.1. The highest BCUT2D eigenvalue weighted by atomic mass is 35.5. The topological polar surface area (TPSA) is 101 Å². The summed E-state index contributed by atoms with van der Waals surface area (Å²) in [6.07, 6.45) is 0. The summed E-state index contributed by atoms with van der Waals surface area (Å²) < 4.78 is 6.62. The number of ether oxygens (including phenoxy) is 1. The summed E-state index contributed by atoms with van der Waals surface area (Å²) in [5.74, 6) is -1.87. The quantitative estimate of drug-likeness (QED) is 0.251. The number of methoxy groups -OCH3 is 1. The van der Waals surface area contributed by atoms with E-state index in [4.69, 9.17) is 27.9 Å². The average Bonchev–Trinajstić information content (AvgIpc) is 3.45. The van der Waals surface area contributed by atoms with Crippen molar-refractivity contribution in [3.63, 3.8) is 0 Å². The van der Waals surface area contributed by atoms with E-state index in [1.54, 1.807) is 43.5 Å². The van der Waals surface area contributed by atoms with Crippen LogP contribution in [0.15, 0.2) is 76.6 Å². The Morgan fingerprint density at radius 3 is 2.30 bits per heavy atom. The number of nitrogens with one attached hydrogen (secondary N) is 1. The van der Waals surface area contributed by atoms with Crippen LogP contribution in [-0.4, -0.2) is 48.7 Å². The Bertz CT molecular complexity index is 1840. The van der Waals surface area contributed by atoms with Crippen molar-refractivity contribution >= 4 is 81.1 Å². The third-order valence-corrected chi connectivity index (χ3v) is 11.0. The lowest BCUT2D eigenvalue weighted by Gasteiger charge is -2.31. The average molecular weight is 670 g/mol. The number of thiazole rings is 1. The molecule has 1 saturated heterocycles. The Balaban J connectivity index is 1.40. The minimum atomic E-state index is -0.797. The first-order chi connectivity index (χ1) is 21.1. The van der Waals surface area contributed by atoms with Gasteiger partial charge in [-0.25, -0.2) is 4.90 Å². The normalized spacial score (nSPS) is 19.0. The van der Waals surface area contributed by atoms with Gasteiger partial charge in [0.15, 0.2) is 0 Å². The van der Waals surface area contributed by atoms with Crippen molar-refractivity contribution < 1.29 is 19.1 Å². The smallest absolute Gasteiger partial charge is 0.308 e. The summed E-state index contributed by atoms with van der Waals surface area (Å²) in [7, 11) is 5.41. The Hall–Kier alpha value is -3.77. The Kier molecular flexibility index (Phi) is 8.23. The van der Waals surface area contributed by atoms with E-state index < -0.39 is 23.0 Å². The van der Waals surface area contributed by atoms with Crippen molar-refractivity contribution in [2.24, 2.45) is 5.92 Å². The molecule has 2 aliphatic heterocycles. The molecule has 0 radical (unpaired) electrons. The van der Waals surface area contributed by atoms with Gasteiger partial charge in [0.2, 0.25) is 17.7 Å². The van der Waals surface area contributed by atoms with Gasteiger partial charge in [0.25, 0.3) is 0 Å². The van der Waals surface area contributed by atoms with Gasteiger partial charge in [-0.2, -0.15) is 0 Å². The number of hydrogen-bond donors (Lipinski definition) is 1. The zero-order valence-electron chi connectivity index (χ0n) is 23.7. The second-order valence-electron chi connectivity index (χ2n) is 10.5. The number of aromatic nitrogens is 1. The van der Waals surface area contributed by atoms with Crippen LogP contribution in [0.25, 0.3) is 0 Å². The molecule has 1 fully saturated rings. The van der Waals surface area contributed by atoms with Crippen molar-refractivity contribution in [2.45, 2.75) is 22.7 Å². The first-order valence-corrected chi connectivity index (χ1v) is 16.0. The standard InChI is InChI=1S/C31H26Cl2N4O5S2/c1-35(2)18-7-4-16(5-8-18)24-25-26(29(40)37(28(25)39)19-9-11-20(42-3)12-10-19)43-30-27(24)44-31(41)36(30)15-23(38)34-17-6-13-21(32)22(33)14-17/h4-14,24-26H,15H2,1-3H3,(H,34,38). The highest BCUT2D eigenvalue weighted by Crippen LogP contribution is 2.54. The van der Waals surface area contributed by atoms with Gasteiger partial charge in [0.1, 0.15) is 17.5 Å². The molecule has 3 aromatic carbocycles. The number of thioether (sulfide) groups is 1. The number of benzene rings is 3. The summed E-state index contributed by atoms with van der Waals surface area (Å²) >= 11 is 14.3. The number of anilines is 3. The molecule has 3 atom stereocenters. The van der Waals surface area contributed by atoms with Crippen LogP contribution >= 0.6 is 46.3 Å². The zero-order chi connectivity index (χ0) is 31.3. The van der Waals surface area contributed by atoms with Crippen LogP contribution in [0.2, 0.25) is 10.0 Å². The van der Waals surface area contributed by atoms with Crippen molar-refractivity contribution in [1.82, 2.24) is 4.57 Å². The van der Waals surface area contributed by atoms with E-state index in [1.807, 2.05) is 43.3 Å². The molecule has 1 N–H and O–H groups in total. The van der Waals surface area contributed by atoms with Crippen LogP contribution in [0, 0.1) is 5.92 Å². The van der Waals surface area contributed by atoms with Gasteiger partial charge in [-0.3, -0.25) is 23.7 Å². The number of fused-ring (bicyclic) bond motifs is 2. The number of amides is 3. The molecule has 0 bridgehead atoms. The van der Waals surface area contributed by atoms with Gasteiger partial charge in [-0.15, -0.1) is 0 Å². The van der Waals surface area contributed by atoms with E-state index in [-0.39, 0.29) is 28.3 Å². The molecule has 4 aromatic rings. The molecule has 3 unspecified atom stereocenters. The van der Waals surface area contributed by atoms with Gasteiger partial charge in [-0.1, -0.05) is 58.4 Å². The fourth-order valence-electron chi connectivity index (χ4n) is 5.50. The number of halogens is 2. The molecule has 2 aliphatic rings. The summed E-state index contributed by atoms with van der Waals surface area (Å²) in [5, 5.41) is 3.09. The van der Waals surface area contributed by atoms with Crippen LogP contribution in [-0.2, 0) is 20.9 Å². The molecule has 9 nitrogen and oxygen atoms in total. The molecule has 13 heteroatoms. The molecule has 3 heterocycles. The zero-order valence-corrected chi connectivity index (χ0v) is 26.9. The fourth-order valence-corrected chi connectivity index (χ4v) is 8.57. The van der Waals surface area contributed by atoms with Crippen molar-refractivity contribution in [1.29, 1.82) is 0 Å². The van der Waals surface area contributed by atoms with Gasteiger partial charge < -0.3 is 15.0 Å². The lowest BCUT2D eigenvalue weighted by Crippen LogP contribution is -2.33. The minimum Gasteiger partial charge on any atom is -0.497 e. The van der Waals surface area contributed by atoms with Gasteiger partial charge in [0, 0.05) is 36.3 Å². The van der Waals surface area contributed by atoms with Crippen molar-refractivity contribution in [3.05, 3.63) is 96.9 Å². The highest BCUT2D eigenvalue weighted by molar-refractivity contribution is 8.00. The van der Waals surface area contributed by atoms with Crippen LogP contribution in [0.5, 0.6) is 5.75 Å². The van der Waals surface area contributed by atoms with Gasteiger partial charge in [-0.05, 0) is 60.2 Å². The van der Waals surface area contributed by atoms with Crippen molar-refractivity contribution in [3.8, 4) is 5.75 Å². The molecule has 6 rings (SSSR count). The number of nitrogens with zero attached hydrogens (tertiary/aromatic N) is 3. The van der Waals surface area contributed by atoms with E-state index in [0.717, 1.165) is 34.3 Å². The SMILES string of the molecule is COc1ccc(N2C(=O)C3Sc4c(sc(=O)n4CC(=O)Nc4ccc(Cl)c(Cl)c4)C(c4ccc(N(C)C)cc4)C3C2=O)cc1. The maximum Gasteiger partial charge on any atom is 0.308 e. The summed E-state index contributed by atoms with van der Waals surface area (Å²) in [4.78, 5) is 58.0.